The van der Waals surface area contributed by atoms with Crippen LogP contribution in [-0.4, -0.2) is 28.8 Å². The van der Waals surface area contributed by atoms with Crippen LogP contribution in [0.1, 0.15) is 43.1 Å². The first-order chi connectivity index (χ1) is 8.38. The monoisotopic (exact) mass is 251 g/mol. The van der Waals surface area contributed by atoms with E-state index in [0.717, 1.165) is 0 Å². The third-order valence-electron chi connectivity index (χ3n) is 2.88. The normalized spacial score (nSPS) is 13.2. The number of amides is 1. The van der Waals surface area contributed by atoms with Crippen molar-refractivity contribution in [3.8, 4) is 0 Å². The smallest absolute Gasteiger partial charge is 0.251 e. The van der Waals surface area contributed by atoms with Crippen molar-refractivity contribution in [1.82, 2.24) is 5.32 Å². The van der Waals surface area contributed by atoms with E-state index in [1.807, 2.05) is 6.92 Å². The molecule has 0 spiro atoms. The number of carbonyl (C=O) groups excluding carboxylic acids is 1. The second kappa shape index (κ2) is 5.98. The highest BCUT2D eigenvalue weighted by atomic mass is 16.3. The van der Waals surface area contributed by atoms with Gasteiger partial charge in [-0.15, -0.1) is 0 Å². The van der Waals surface area contributed by atoms with Crippen molar-refractivity contribution in [3.05, 3.63) is 35.4 Å². The summed E-state index contributed by atoms with van der Waals surface area (Å²) < 4.78 is 0. The Morgan fingerprint density at radius 3 is 2.61 bits per heavy atom. The summed E-state index contributed by atoms with van der Waals surface area (Å²) in [6.07, 6.45) is 0.674. The minimum atomic E-state index is -0.975. The van der Waals surface area contributed by atoms with Crippen LogP contribution >= 0.6 is 0 Å². The SMILES string of the molecule is CCC(CO)NC(=O)c1cccc(C(C)(C)O)c1. The Morgan fingerprint density at radius 1 is 1.44 bits per heavy atom. The lowest BCUT2D eigenvalue weighted by Crippen LogP contribution is -2.37. The maximum absolute atomic E-state index is 11.9. The fourth-order valence-electron chi connectivity index (χ4n) is 1.59. The van der Waals surface area contributed by atoms with Gasteiger partial charge in [0.25, 0.3) is 5.91 Å². The molecule has 0 heterocycles. The lowest BCUT2D eigenvalue weighted by atomic mass is 9.96. The van der Waals surface area contributed by atoms with Crippen molar-refractivity contribution in [2.75, 3.05) is 6.61 Å². The molecular weight excluding hydrogens is 230 g/mol. The van der Waals surface area contributed by atoms with Gasteiger partial charge in [0.15, 0.2) is 0 Å². The van der Waals surface area contributed by atoms with E-state index in [-0.39, 0.29) is 18.6 Å². The molecule has 0 bridgehead atoms. The van der Waals surface area contributed by atoms with Gasteiger partial charge in [-0.3, -0.25) is 4.79 Å². The molecule has 3 N–H and O–H groups in total. The van der Waals surface area contributed by atoms with Crippen molar-refractivity contribution in [3.63, 3.8) is 0 Å². The van der Waals surface area contributed by atoms with Crippen LogP contribution in [0.15, 0.2) is 24.3 Å². The third-order valence-corrected chi connectivity index (χ3v) is 2.88. The number of rotatable bonds is 5. The van der Waals surface area contributed by atoms with Gasteiger partial charge < -0.3 is 15.5 Å². The van der Waals surface area contributed by atoms with E-state index in [9.17, 15) is 9.90 Å². The van der Waals surface area contributed by atoms with E-state index in [2.05, 4.69) is 5.32 Å². The molecule has 0 radical (unpaired) electrons. The van der Waals surface area contributed by atoms with Crippen LogP contribution in [0, 0.1) is 0 Å². The van der Waals surface area contributed by atoms with Gasteiger partial charge in [-0.05, 0) is 38.0 Å². The number of hydrogen-bond acceptors (Lipinski definition) is 3. The molecule has 1 aromatic rings. The number of hydrogen-bond donors (Lipinski definition) is 3. The van der Waals surface area contributed by atoms with Gasteiger partial charge in [-0.25, -0.2) is 0 Å². The summed E-state index contributed by atoms with van der Waals surface area (Å²) in [5.41, 5.74) is 0.200. The molecule has 0 saturated carbocycles. The van der Waals surface area contributed by atoms with Crippen LogP contribution in [-0.2, 0) is 5.60 Å². The Balaban J connectivity index is 2.87. The van der Waals surface area contributed by atoms with Gasteiger partial charge in [0.05, 0.1) is 18.2 Å². The fraction of sp³-hybridized carbons (Fsp3) is 0.500. The standard InChI is InChI=1S/C14H21NO3/c1-4-12(9-16)15-13(17)10-6-5-7-11(8-10)14(2,3)18/h5-8,12,16,18H,4,9H2,1-3H3,(H,15,17). The number of aliphatic hydroxyl groups is 2. The van der Waals surface area contributed by atoms with Gasteiger partial charge in [0, 0.05) is 5.56 Å². The molecule has 0 fully saturated rings. The second-order valence-electron chi connectivity index (χ2n) is 4.90. The van der Waals surface area contributed by atoms with E-state index in [1.54, 1.807) is 38.1 Å². The fourth-order valence-corrected chi connectivity index (χ4v) is 1.59. The van der Waals surface area contributed by atoms with Crippen LogP contribution in [0.5, 0.6) is 0 Å². The van der Waals surface area contributed by atoms with E-state index >= 15 is 0 Å². The van der Waals surface area contributed by atoms with Crippen LogP contribution in [0.25, 0.3) is 0 Å². The van der Waals surface area contributed by atoms with Crippen LogP contribution < -0.4 is 5.32 Å². The molecule has 18 heavy (non-hydrogen) atoms. The second-order valence-corrected chi connectivity index (χ2v) is 4.90. The Hall–Kier alpha value is -1.39. The molecule has 0 saturated heterocycles. The molecule has 0 aliphatic rings. The predicted octanol–water partition coefficient (Wildman–Crippen LogP) is 1.41. The first kappa shape index (κ1) is 14.7. The Morgan fingerprint density at radius 2 is 2.11 bits per heavy atom. The highest BCUT2D eigenvalue weighted by Gasteiger charge is 2.18. The Bertz CT molecular complexity index is 406. The van der Waals surface area contributed by atoms with Crippen molar-refractivity contribution in [2.24, 2.45) is 0 Å². The van der Waals surface area contributed by atoms with Crippen molar-refractivity contribution in [1.29, 1.82) is 0 Å². The molecule has 1 aromatic carbocycles. The molecular formula is C14H21NO3. The average Bonchev–Trinajstić information content (AvgIpc) is 2.34. The third kappa shape index (κ3) is 3.82. The molecule has 0 aromatic heterocycles. The quantitative estimate of drug-likeness (QED) is 0.741. The highest BCUT2D eigenvalue weighted by molar-refractivity contribution is 5.94. The summed E-state index contributed by atoms with van der Waals surface area (Å²) in [4.78, 5) is 11.9. The van der Waals surface area contributed by atoms with Gasteiger partial charge >= 0.3 is 0 Å². The minimum absolute atomic E-state index is 0.0760. The minimum Gasteiger partial charge on any atom is -0.394 e. The van der Waals surface area contributed by atoms with Crippen molar-refractivity contribution in [2.45, 2.75) is 38.8 Å². The summed E-state index contributed by atoms with van der Waals surface area (Å²) in [5, 5.41) is 21.7. The highest BCUT2D eigenvalue weighted by Crippen LogP contribution is 2.20. The Kier molecular flexibility index (Phi) is 4.87. The summed E-state index contributed by atoms with van der Waals surface area (Å²) in [7, 11) is 0. The molecule has 0 aliphatic carbocycles. The molecule has 1 atom stereocenters. The Labute approximate surface area is 108 Å². The summed E-state index contributed by atoms with van der Waals surface area (Å²) in [6, 6.07) is 6.64. The van der Waals surface area contributed by atoms with Gasteiger partial charge in [0.1, 0.15) is 0 Å². The van der Waals surface area contributed by atoms with Crippen molar-refractivity contribution >= 4 is 5.91 Å². The van der Waals surface area contributed by atoms with Crippen molar-refractivity contribution < 1.29 is 15.0 Å². The number of benzene rings is 1. The molecule has 4 nitrogen and oxygen atoms in total. The first-order valence-corrected chi connectivity index (χ1v) is 6.13. The maximum atomic E-state index is 11.9. The molecule has 100 valence electrons. The molecule has 1 amide bonds. The van der Waals surface area contributed by atoms with E-state index in [4.69, 9.17) is 5.11 Å². The lowest BCUT2D eigenvalue weighted by molar-refractivity contribution is 0.0783. The number of aliphatic hydroxyl groups excluding tert-OH is 1. The summed E-state index contributed by atoms with van der Waals surface area (Å²) in [6.45, 7) is 5.17. The number of nitrogens with one attached hydrogen (secondary N) is 1. The summed E-state index contributed by atoms with van der Waals surface area (Å²) in [5.74, 6) is -0.234. The molecule has 0 aliphatic heterocycles. The van der Waals surface area contributed by atoms with Gasteiger partial charge in [-0.2, -0.15) is 0 Å². The van der Waals surface area contributed by atoms with Gasteiger partial charge in [0.2, 0.25) is 0 Å². The van der Waals surface area contributed by atoms with Crippen LogP contribution in [0.4, 0.5) is 0 Å². The lowest BCUT2D eigenvalue weighted by Gasteiger charge is -2.19. The topological polar surface area (TPSA) is 69.6 Å². The summed E-state index contributed by atoms with van der Waals surface area (Å²) >= 11 is 0. The van der Waals surface area contributed by atoms with E-state index in [0.29, 0.717) is 17.5 Å². The maximum Gasteiger partial charge on any atom is 0.251 e. The molecule has 4 heteroatoms. The average molecular weight is 251 g/mol. The van der Waals surface area contributed by atoms with E-state index < -0.39 is 5.60 Å². The number of carbonyl (C=O) groups is 1. The van der Waals surface area contributed by atoms with Gasteiger partial charge in [-0.1, -0.05) is 19.1 Å². The zero-order valence-corrected chi connectivity index (χ0v) is 11.1. The molecule has 1 unspecified atom stereocenters. The zero-order valence-electron chi connectivity index (χ0n) is 11.1. The largest absolute Gasteiger partial charge is 0.394 e. The van der Waals surface area contributed by atoms with E-state index in [1.165, 1.54) is 0 Å². The van der Waals surface area contributed by atoms with Crippen LogP contribution in [0.2, 0.25) is 0 Å². The zero-order chi connectivity index (χ0) is 13.8. The first-order valence-electron chi connectivity index (χ1n) is 6.13. The predicted molar refractivity (Wildman–Crippen MR) is 70.3 cm³/mol. The molecule has 1 rings (SSSR count). The van der Waals surface area contributed by atoms with Crippen LogP contribution in [0.3, 0.4) is 0 Å².